The predicted molar refractivity (Wildman–Crippen MR) is 74.7 cm³/mol. The van der Waals surface area contributed by atoms with Gasteiger partial charge in [-0.3, -0.25) is 9.59 Å². The van der Waals surface area contributed by atoms with Gasteiger partial charge in [-0.05, 0) is 6.42 Å². The molecule has 0 fully saturated rings. The van der Waals surface area contributed by atoms with E-state index in [2.05, 4.69) is 16.6 Å². The highest BCUT2D eigenvalue weighted by atomic mass is 16.5. The molecule has 2 rings (SSSR count). The van der Waals surface area contributed by atoms with Gasteiger partial charge in [-0.15, -0.1) is 6.58 Å². The van der Waals surface area contributed by atoms with Crippen molar-refractivity contribution in [1.29, 1.82) is 0 Å². The lowest BCUT2D eigenvalue weighted by molar-refractivity contribution is 0.0596. The van der Waals surface area contributed by atoms with Gasteiger partial charge in [0.25, 0.3) is 5.91 Å². The molecule has 1 unspecified atom stereocenters. The van der Waals surface area contributed by atoms with Gasteiger partial charge in [0.2, 0.25) is 5.43 Å². The van der Waals surface area contributed by atoms with Crippen molar-refractivity contribution in [3.63, 3.8) is 0 Å². The number of aromatic nitrogens is 1. The molecule has 1 atom stereocenters. The number of nitrogens with zero attached hydrogens (tertiary/aromatic N) is 1. The van der Waals surface area contributed by atoms with Crippen molar-refractivity contribution in [2.45, 2.75) is 19.0 Å². The average molecular weight is 292 g/mol. The van der Waals surface area contributed by atoms with Crippen molar-refractivity contribution in [3.8, 4) is 5.75 Å². The topological polar surface area (TPSA) is 86.6 Å². The summed E-state index contributed by atoms with van der Waals surface area (Å²) in [5, 5.41) is 2.77. The largest absolute Gasteiger partial charge is 0.491 e. The molecule has 1 aliphatic rings. The summed E-state index contributed by atoms with van der Waals surface area (Å²) in [6.45, 7) is 4.04. The maximum absolute atomic E-state index is 12.2. The zero-order valence-electron chi connectivity index (χ0n) is 11.8. The third-order valence-electron chi connectivity index (χ3n) is 3.27. The lowest BCUT2D eigenvalue weighted by Crippen LogP contribution is -2.46. The second kappa shape index (κ2) is 5.82. The van der Waals surface area contributed by atoms with E-state index in [-0.39, 0.29) is 23.0 Å². The Bertz CT molecular complexity index is 662. The van der Waals surface area contributed by atoms with E-state index < -0.39 is 17.3 Å². The Hall–Kier alpha value is -2.57. The van der Waals surface area contributed by atoms with Crippen LogP contribution in [0.2, 0.25) is 0 Å². The molecule has 1 N–H and O–H groups in total. The Kier molecular flexibility index (Phi) is 4.11. The zero-order valence-corrected chi connectivity index (χ0v) is 11.8. The molecule has 0 aromatic carbocycles. The minimum absolute atomic E-state index is 0.107. The highest BCUT2D eigenvalue weighted by Gasteiger charge is 2.30. The van der Waals surface area contributed by atoms with E-state index in [1.165, 1.54) is 20.4 Å². The first-order valence-electron chi connectivity index (χ1n) is 6.35. The van der Waals surface area contributed by atoms with Crippen LogP contribution in [0.4, 0.5) is 0 Å². The predicted octanol–water partition coefficient (Wildman–Crippen LogP) is 0.332. The first-order chi connectivity index (χ1) is 10.0. The highest BCUT2D eigenvalue weighted by Crippen LogP contribution is 2.20. The van der Waals surface area contributed by atoms with E-state index in [4.69, 9.17) is 4.74 Å². The Morgan fingerprint density at radius 1 is 1.52 bits per heavy atom. The molecule has 0 saturated heterocycles. The number of hydrogen-bond donors (Lipinski definition) is 1. The standard InChI is InChI=1S/C14H16N2O5/c1-4-5-8-6-16-7-9(14(19)21-3)11(17)12(20-2)10(16)13(18)15-8/h4,7-8H,1,5-6H2,2-3H3,(H,15,18). The lowest BCUT2D eigenvalue weighted by atomic mass is 10.1. The number of nitrogens with one attached hydrogen (secondary N) is 1. The number of amides is 1. The summed E-state index contributed by atoms with van der Waals surface area (Å²) < 4.78 is 11.1. The molecule has 1 aliphatic heterocycles. The van der Waals surface area contributed by atoms with Crippen LogP contribution in [0.15, 0.2) is 23.6 Å². The van der Waals surface area contributed by atoms with E-state index in [0.29, 0.717) is 13.0 Å². The molecule has 0 radical (unpaired) electrons. The fourth-order valence-electron chi connectivity index (χ4n) is 2.33. The SMILES string of the molecule is C=CCC1Cn2cc(C(=O)OC)c(=O)c(OC)c2C(=O)N1. The van der Waals surface area contributed by atoms with Crippen LogP contribution in [0, 0.1) is 0 Å². The van der Waals surface area contributed by atoms with Gasteiger partial charge in [-0.1, -0.05) is 6.08 Å². The van der Waals surface area contributed by atoms with E-state index in [0.717, 1.165) is 0 Å². The van der Waals surface area contributed by atoms with Crippen molar-refractivity contribution >= 4 is 11.9 Å². The summed E-state index contributed by atoms with van der Waals surface area (Å²) in [7, 11) is 2.47. The van der Waals surface area contributed by atoms with Gasteiger partial charge < -0.3 is 19.4 Å². The number of rotatable bonds is 4. The molecule has 0 spiro atoms. The monoisotopic (exact) mass is 292 g/mol. The maximum Gasteiger partial charge on any atom is 0.343 e. The van der Waals surface area contributed by atoms with Gasteiger partial charge in [0, 0.05) is 12.7 Å². The second-order valence-corrected chi connectivity index (χ2v) is 4.59. The van der Waals surface area contributed by atoms with Crippen LogP contribution in [0.3, 0.4) is 0 Å². The molecule has 1 aromatic rings. The number of esters is 1. The van der Waals surface area contributed by atoms with Crippen LogP contribution in [0.25, 0.3) is 0 Å². The molecule has 1 amide bonds. The average Bonchev–Trinajstić information content (AvgIpc) is 2.46. The number of ether oxygens (including phenoxy) is 2. The number of carbonyl (C=O) groups excluding carboxylic acids is 2. The first-order valence-corrected chi connectivity index (χ1v) is 6.35. The van der Waals surface area contributed by atoms with Crippen LogP contribution in [0.1, 0.15) is 27.3 Å². The van der Waals surface area contributed by atoms with Crippen LogP contribution in [-0.4, -0.2) is 36.7 Å². The van der Waals surface area contributed by atoms with Crippen molar-refractivity contribution in [2.75, 3.05) is 14.2 Å². The van der Waals surface area contributed by atoms with E-state index in [9.17, 15) is 14.4 Å². The van der Waals surface area contributed by atoms with E-state index in [1.807, 2.05) is 0 Å². The number of pyridine rings is 1. The van der Waals surface area contributed by atoms with Gasteiger partial charge >= 0.3 is 5.97 Å². The van der Waals surface area contributed by atoms with Crippen LogP contribution in [0.5, 0.6) is 5.75 Å². The molecular weight excluding hydrogens is 276 g/mol. The molecule has 0 saturated carbocycles. The minimum atomic E-state index is -0.764. The summed E-state index contributed by atoms with van der Waals surface area (Å²) in [6, 6.07) is -0.153. The number of carbonyl (C=O) groups is 2. The summed E-state index contributed by atoms with van der Waals surface area (Å²) in [6.07, 6.45) is 3.60. The van der Waals surface area contributed by atoms with Gasteiger partial charge in [0.15, 0.2) is 11.4 Å². The summed E-state index contributed by atoms with van der Waals surface area (Å²) >= 11 is 0. The molecule has 0 bridgehead atoms. The van der Waals surface area contributed by atoms with Gasteiger partial charge in [0.05, 0.1) is 20.3 Å². The first kappa shape index (κ1) is 14.8. The summed E-state index contributed by atoms with van der Waals surface area (Å²) in [4.78, 5) is 36.0. The summed E-state index contributed by atoms with van der Waals surface area (Å²) in [5.41, 5.74) is -0.714. The molecule has 0 aliphatic carbocycles. The highest BCUT2D eigenvalue weighted by molar-refractivity contribution is 5.98. The number of fused-ring (bicyclic) bond motifs is 1. The molecule has 2 heterocycles. The fourth-order valence-corrected chi connectivity index (χ4v) is 2.33. The molecule has 7 heteroatoms. The Morgan fingerprint density at radius 2 is 2.24 bits per heavy atom. The molecule has 21 heavy (non-hydrogen) atoms. The Labute approximate surface area is 121 Å². The third-order valence-corrected chi connectivity index (χ3v) is 3.27. The van der Waals surface area contributed by atoms with E-state index >= 15 is 0 Å². The minimum Gasteiger partial charge on any atom is -0.491 e. The van der Waals surface area contributed by atoms with Gasteiger partial charge in [0.1, 0.15) is 5.56 Å². The normalized spacial score (nSPS) is 16.7. The maximum atomic E-state index is 12.2. The third kappa shape index (κ3) is 2.54. The van der Waals surface area contributed by atoms with Crippen molar-refractivity contribution in [3.05, 3.63) is 40.3 Å². The number of hydrogen-bond acceptors (Lipinski definition) is 5. The van der Waals surface area contributed by atoms with Gasteiger partial charge in [-0.25, -0.2) is 4.79 Å². The van der Waals surface area contributed by atoms with Crippen LogP contribution in [-0.2, 0) is 11.3 Å². The van der Waals surface area contributed by atoms with Gasteiger partial charge in [-0.2, -0.15) is 0 Å². The van der Waals surface area contributed by atoms with E-state index in [1.54, 1.807) is 10.6 Å². The van der Waals surface area contributed by atoms with Crippen molar-refractivity contribution in [2.24, 2.45) is 0 Å². The zero-order chi connectivity index (χ0) is 15.6. The molecule has 1 aromatic heterocycles. The van der Waals surface area contributed by atoms with Crippen LogP contribution < -0.4 is 15.5 Å². The fraction of sp³-hybridized carbons (Fsp3) is 0.357. The quantitative estimate of drug-likeness (QED) is 0.638. The van der Waals surface area contributed by atoms with Crippen molar-refractivity contribution in [1.82, 2.24) is 9.88 Å². The Morgan fingerprint density at radius 3 is 2.81 bits per heavy atom. The molecular formula is C14H16N2O5. The van der Waals surface area contributed by atoms with Crippen molar-refractivity contribution < 1.29 is 19.1 Å². The Balaban J connectivity index is 2.62. The van der Waals surface area contributed by atoms with Crippen LogP contribution >= 0.6 is 0 Å². The molecule has 112 valence electrons. The smallest absolute Gasteiger partial charge is 0.343 e. The molecule has 7 nitrogen and oxygen atoms in total. The second-order valence-electron chi connectivity index (χ2n) is 4.59. The number of methoxy groups -OCH3 is 2. The lowest BCUT2D eigenvalue weighted by Gasteiger charge is -2.28. The summed E-state index contributed by atoms with van der Waals surface area (Å²) in [5.74, 6) is -1.34.